The van der Waals surface area contributed by atoms with Crippen LogP contribution in [0.5, 0.6) is 51.7 Å². The molecular weight excluding hydrogens is 1610 g/mol. The molecule has 0 bridgehead atoms. The minimum atomic E-state index is -3.11. The molecule has 5 aromatic rings. The van der Waals surface area contributed by atoms with Gasteiger partial charge in [0.25, 0.3) is 5.91 Å². The van der Waals surface area contributed by atoms with E-state index >= 15 is 0 Å². The number of Topliss-reactive ketones (excluding diaryl/α,β-unsaturated/α-hetero) is 1. The van der Waals surface area contributed by atoms with Crippen LogP contribution >= 0.6 is 0 Å². The molecule has 3 aromatic carbocycles. The smallest absolute Gasteiger partial charge is 0.425 e. The predicted octanol–water partition coefficient (Wildman–Crippen LogP) is 5.86. The summed E-state index contributed by atoms with van der Waals surface area (Å²) in [5, 5.41) is 33.1. The van der Waals surface area contributed by atoms with E-state index in [0.29, 0.717) is 163 Å². The van der Waals surface area contributed by atoms with Gasteiger partial charge in [-0.25, -0.2) is 9.59 Å². The third-order valence-corrected chi connectivity index (χ3v) is 12.9. The number of amides is 2. The third-order valence-electron chi connectivity index (χ3n) is 12.9. The number of carbonyl (C=O) groups excluding carboxylic acids is 3. The van der Waals surface area contributed by atoms with Crippen molar-refractivity contribution >= 4 is 87.4 Å². The number of alkyl carbamates (subject to hydrolysis) is 1. The molecule has 2 amide bonds. The van der Waals surface area contributed by atoms with Crippen molar-refractivity contribution in [2.75, 3.05) is 72.6 Å². The van der Waals surface area contributed by atoms with Gasteiger partial charge in [-0.2, -0.15) is 0 Å². The zero-order valence-electron chi connectivity index (χ0n) is 63.3. The van der Waals surface area contributed by atoms with E-state index in [1.807, 2.05) is 53.9 Å². The maximum atomic E-state index is 13.5. The highest BCUT2D eigenvalue weighted by Crippen LogP contribution is 2.42. The first-order chi connectivity index (χ1) is 53.0. The molecule has 2 aromatic heterocycles. The molecule has 0 radical (unpaired) electrons. The molecule has 0 saturated heterocycles. The molecule has 41 nitrogen and oxygen atoms in total. The molecule has 112 heavy (non-hydrogen) atoms. The second-order valence-corrected chi connectivity index (χ2v) is 25.8. The van der Waals surface area contributed by atoms with E-state index in [-0.39, 0.29) is 60.9 Å². The molecule has 630 valence electrons. The molecule has 0 unspecified atom stereocenters. The summed E-state index contributed by atoms with van der Waals surface area (Å²) in [6.07, 6.45) is 14.2. The number of nitrogens with zero attached hydrogens (tertiary/aromatic N) is 6. The van der Waals surface area contributed by atoms with Crippen LogP contribution in [-0.4, -0.2) is 213 Å². The third kappa shape index (κ3) is 54.4. The Kier molecular flexibility index (Phi) is 57.8. The number of benzene rings is 3. The first-order valence-corrected chi connectivity index (χ1v) is 40.6. The van der Waals surface area contributed by atoms with Crippen molar-refractivity contribution in [1.82, 2.24) is 40.6 Å². The molecule has 3 N–H and O–H groups in total. The number of unbranched alkanes of at least 4 members (excludes halogenated alkanes) is 3. The van der Waals surface area contributed by atoms with Gasteiger partial charge in [0.2, 0.25) is 17.2 Å². The van der Waals surface area contributed by atoms with E-state index in [4.69, 9.17) is 123 Å². The number of ketones is 1. The number of carbonyl (C=O) groups is 4. The van der Waals surface area contributed by atoms with E-state index in [1.54, 1.807) is 54.4 Å². The molecule has 0 aliphatic carbocycles. The number of carboxylic acid groups (broad SMARTS) is 1. The highest BCUT2D eigenvalue weighted by molar-refractivity contribution is 7.59. The predicted molar refractivity (Wildman–Crippen MR) is 391 cm³/mol. The fourth-order valence-electron chi connectivity index (χ4n) is 8.65. The van der Waals surface area contributed by atoms with Crippen molar-refractivity contribution in [3.05, 3.63) is 76.9 Å². The van der Waals surface area contributed by atoms with Gasteiger partial charge in [-0.15, -0.1) is 86.0 Å². The van der Waals surface area contributed by atoms with Crippen LogP contribution < -0.4 is 53.3 Å². The van der Waals surface area contributed by atoms with Crippen molar-refractivity contribution in [1.29, 1.82) is 0 Å². The van der Waals surface area contributed by atoms with E-state index < -0.39 is 81.3 Å². The summed E-state index contributed by atoms with van der Waals surface area (Å²) in [6, 6.07) is 9.74. The Hall–Kier alpha value is -10.3. The second kappa shape index (κ2) is 62.4. The number of aryl methyl sites for hydroxylation is 4. The quantitative estimate of drug-likeness (QED) is 0.0303. The number of nitrogens with one attached hydrogen (secondary N) is 2. The van der Waals surface area contributed by atoms with Crippen LogP contribution in [0, 0.1) is 0 Å². The molecule has 0 spiro atoms. The zero-order valence-corrected chi connectivity index (χ0v) is 68.2. The van der Waals surface area contributed by atoms with Gasteiger partial charge in [0.15, 0.2) is 40.3 Å². The van der Waals surface area contributed by atoms with Gasteiger partial charge in [0, 0.05) is 49.6 Å². The minimum absolute atomic E-state index is 0.00280. The van der Waals surface area contributed by atoms with Crippen LogP contribution in [0.25, 0.3) is 0 Å². The van der Waals surface area contributed by atoms with Crippen molar-refractivity contribution < 1.29 is 147 Å². The lowest BCUT2D eigenvalue weighted by Crippen LogP contribution is -2.34. The van der Waals surface area contributed by atoms with Gasteiger partial charge in [-0.05, 0) is 153 Å². The number of aromatic nitrogens is 6. The van der Waals surface area contributed by atoms with Gasteiger partial charge < -0.3 is 63.1 Å². The molecule has 0 aliphatic rings. The lowest BCUT2D eigenvalue weighted by atomic mass is 10.0. The number of aromatic carboxylic acids is 1. The summed E-state index contributed by atoms with van der Waals surface area (Å²) in [6.45, 7) is 22.5. The Morgan fingerprint density at radius 3 is 1.04 bits per heavy atom. The van der Waals surface area contributed by atoms with Crippen LogP contribution in [0.15, 0.2) is 48.8 Å². The lowest BCUT2D eigenvalue weighted by molar-refractivity contribution is 0.0518. The highest BCUT2D eigenvalue weighted by atomic mass is 32.2. The van der Waals surface area contributed by atoms with E-state index in [1.165, 1.54) is 12.1 Å². The summed E-state index contributed by atoms with van der Waals surface area (Å²) in [5.41, 5.74) is 1.82. The monoisotopic (exact) mass is 1710 g/mol. The number of hydrogen-bond donors (Lipinski definition) is 3. The van der Waals surface area contributed by atoms with E-state index in [9.17, 15) is 24.3 Å². The Morgan fingerprint density at radius 1 is 0.384 bits per heavy atom. The topological polar surface area (TPSA) is 574 Å². The average molecular weight is 1710 g/mol. The van der Waals surface area contributed by atoms with Crippen molar-refractivity contribution in [3.8, 4) is 51.7 Å². The van der Waals surface area contributed by atoms with Crippen LogP contribution in [-0.2, 0) is 94.3 Å². The largest absolute Gasteiger partial charge is 0.490 e. The number of hydrogen-bond acceptors (Lipinski definition) is 36. The summed E-state index contributed by atoms with van der Waals surface area (Å²) in [7, 11) is -18.7. The summed E-state index contributed by atoms with van der Waals surface area (Å²) < 4.78 is 216. The Bertz CT molecular complexity index is 3910. The molecule has 2 heterocycles. The molecule has 0 saturated carbocycles. The fourth-order valence-corrected chi connectivity index (χ4v) is 8.65. The van der Waals surface area contributed by atoms with E-state index in [2.05, 4.69) is 31.3 Å². The standard InChI is InChI=1S/C65H96N8O15.6O3S/c1-10-30-79-53-39-47(40-54(80-31-11-2)59(53)85-34-14-5)52(74)25-16-19-28-72-45-50(68-70-72)23-17-20-36-83-57-43-49(63(76)77)44-58(61(57)87-38-27-67-64(78)88-65(7,8)9)84-37-21-18-24-51-46-73(71-69-51)29-22-26-66-62(75)48-41-55(81-32-12-3)60(86-35-15-6)56(42-48)82-33-13-4;6*1-4(2)3/h39-46H,10-38H2,1-9H3,(H,66,75)(H,67,78)(H,76,77);;;;;;. The Labute approximate surface area is 656 Å². The maximum Gasteiger partial charge on any atom is 0.425 e. The number of rotatable bonds is 46. The summed E-state index contributed by atoms with van der Waals surface area (Å²) in [5.74, 6) is 2.21. The highest BCUT2D eigenvalue weighted by Gasteiger charge is 2.23. The first kappa shape index (κ1) is 104. The average Bonchev–Trinajstić information content (AvgIpc) is 1.05. The van der Waals surface area contributed by atoms with Crippen molar-refractivity contribution in [3.63, 3.8) is 0 Å². The molecule has 5 rings (SSSR count). The van der Waals surface area contributed by atoms with Crippen molar-refractivity contribution in [2.45, 2.75) is 184 Å². The van der Waals surface area contributed by atoms with Gasteiger partial charge in [-0.1, -0.05) is 52.0 Å². The fraction of sp³-hybridized carbons (Fsp3) is 0.600. The van der Waals surface area contributed by atoms with Gasteiger partial charge in [0.1, 0.15) is 12.2 Å². The Balaban J connectivity index is 0. The normalized spacial score (nSPS) is 10.1. The zero-order chi connectivity index (χ0) is 85.0. The van der Waals surface area contributed by atoms with E-state index in [0.717, 1.165) is 56.3 Å². The second-order valence-electron chi connectivity index (χ2n) is 23.3. The molecule has 0 aliphatic heterocycles. The first-order valence-electron chi connectivity index (χ1n) is 34.6. The van der Waals surface area contributed by atoms with Crippen molar-refractivity contribution in [2.24, 2.45) is 0 Å². The summed E-state index contributed by atoms with van der Waals surface area (Å²) in [4.78, 5) is 51.6. The lowest BCUT2D eigenvalue weighted by Gasteiger charge is -2.20. The minimum Gasteiger partial charge on any atom is -0.490 e. The number of carboxylic acids is 1. The number of ether oxygens (including phenoxy) is 10. The van der Waals surface area contributed by atoms with Gasteiger partial charge in [-0.3, -0.25) is 19.0 Å². The maximum absolute atomic E-state index is 13.5. The van der Waals surface area contributed by atoms with Crippen LogP contribution in [0.1, 0.15) is 195 Å². The molecule has 0 fully saturated rings. The van der Waals surface area contributed by atoms with Crippen LogP contribution in [0.2, 0.25) is 0 Å². The van der Waals surface area contributed by atoms with Gasteiger partial charge >= 0.3 is 75.7 Å². The molecular formula is C65H96N8O33S6. The van der Waals surface area contributed by atoms with Gasteiger partial charge in [0.05, 0.1) is 76.4 Å². The van der Waals surface area contributed by atoms with Crippen LogP contribution in [0.4, 0.5) is 4.79 Å². The molecule has 47 heteroatoms. The van der Waals surface area contributed by atoms with Crippen LogP contribution in [0.3, 0.4) is 0 Å². The summed E-state index contributed by atoms with van der Waals surface area (Å²) >= 11 is 0. The Morgan fingerprint density at radius 2 is 0.696 bits per heavy atom. The molecule has 0 atom stereocenters. The SMILES string of the molecule is CCCOc1cc(C(=O)CCCCn2cc(CCCCOc3cc(C(=O)O)cc(OCCCCc4cn(CCCNC(=O)c5cc(OCCC)c(OCCC)c(OCCC)c5)nn4)c3OCCNC(=O)OC(C)(C)C)nn2)cc(OCCC)c1OCCC.O=S(=O)=O.O=S(=O)=O.O=S(=O)=O.O=S(=O)=O.O=S(=O)=O.O=S(=O)=O.